The first-order valence-electron chi connectivity index (χ1n) is 8.94. The van der Waals surface area contributed by atoms with Crippen molar-refractivity contribution >= 4 is 24.8 Å². The number of aryl methyl sites for hydroxylation is 1. The van der Waals surface area contributed by atoms with Gasteiger partial charge in [-0.15, -0.1) is 24.8 Å². The highest BCUT2D eigenvalue weighted by Gasteiger charge is 2.21. The van der Waals surface area contributed by atoms with E-state index in [1.165, 1.54) is 11.4 Å². The standard InChI is InChI=1S/C17H26N6O.2ClH/c1-4-18-11-16-10-15(20-23(16)8-1)12-21-6-3-9-24-17(13-21)14-22-7-2-5-19-22;;/h2,5,7,10,17-18H,1,3-4,6,8-9,11-14H2;2*1H. The van der Waals surface area contributed by atoms with E-state index in [2.05, 4.69) is 26.1 Å². The second kappa shape index (κ2) is 10.3. The molecule has 1 unspecified atom stereocenters. The van der Waals surface area contributed by atoms with Crippen LogP contribution in [0.2, 0.25) is 0 Å². The summed E-state index contributed by atoms with van der Waals surface area (Å²) in [7, 11) is 0. The van der Waals surface area contributed by atoms with Crippen LogP contribution >= 0.6 is 24.8 Å². The van der Waals surface area contributed by atoms with Gasteiger partial charge in [0.15, 0.2) is 0 Å². The van der Waals surface area contributed by atoms with Crippen LogP contribution in [0.4, 0.5) is 0 Å². The molecule has 0 saturated carbocycles. The van der Waals surface area contributed by atoms with Gasteiger partial charge in [0, 0.05) is 51.7 Å². The minimum Gasteiger partial charge on any atom is -0.375 e. The lowest BCUT2D eigenvalue weighted by molar-refractivity contribution is 0.0389. The van der Waals surface area contributed by atoms with Gasteiger partial charge >= 0.3 is 0 Å². The second-order valence-corrected chi connectivity index (χ2v) is 6.69. The summed E-state index contributed by atoms with van der Waals surface area (Å²) in [6, 6.07) is 4.22. The lowest BCUT2D eigenvalue weighted by Gasteiger charge is -2.22. The maximum atomic E-state index is 6.00. The summed E-state index contributed by atoms with van der Waals surface area (Å²) in [4.78, 5) is 2.47. The number of nitrogens with one attached hydrogen (secondary N) is 1. The molecule has 1 N–H and O–H groups in total. The first-order valence-corrected chi connectivity index (χ1v) is 8.94. The molecule has 2 aromatic heterocycles. The number of nitrogens with zero attached hydrogens (tertiary/aromatic N) is 5. The highest BCUT2D eigenvalue weighted by Crippen LogP contribution is 2.14. The molecule has 0 bridgehead atoms. The molecule has 2 aliphatic heterocycles. The number of ether oxygens (including phenoxy) is 1. The number of rotatable bonds is 4. The lowest BCUT2D eigenvalue weighted by Crippen LogP contribution is -2.34. The Morgan fingerprint density at radius 1 is 1.23 bits per heavy atom. The van der Waals surface area contributed by atoms with E-state index in [0.29, 0.717) is 0 Å². The van der Waals surface area contributed by atoms with E-state index in [-0.39, 0.29) is 30.9 Å². The molecule has 1 fully saturated rings. The zero-order valence-electron chi connectivity index (χ0n) is 14.9. The van der Waals surface area contributed by atoms with Crippen LogP contribution in [0.25, 0.3) is 0 Å². The molecule has 0 aromatic carbocycles. The summed E-state index contributed by atoms with van der Waals surface area (Å²) in [6.07, 6.45) is 6.23. The fourth-order valence-electron chi connectivity index (χ4n) is 3.57. The molecule has 0 spiro atoms. The molecule has 0 aliphatic carbocycles. The quantitative estimate of drug-likeness (QED) is 0.843. The van der Waals surface area contributed by atoms with Gasteiger partial charge in [-0.05, 0) is 31.5 Å². The van der Waals surface area contributed by atoms with Crippen LogP contribution in [-0.4, -0.2) is 56.8 Å². The fraction of sp³-hybridized carbons (Fsp3) is 0.647. The Morgan fingerprint density at radius 3 is 3.00 bits per heavy atom. The molecule has 1 atom stereocenters. The Kier molecular flexibility index (Phi) is 8.37. The molecule has 26 heavy (non-hydrogen) atoms. The van der Waals surface area contributed by atoms with Crippen molar-refractivity contribution in [3.8, 4) is 0 Å². The van der Waals surface area contributed by atoms with Gasteiger partial charge in [-0.3, -0.25) is 14.3 Å². The largest absolute Gasteiger partial charge is 0.375 e. The Bertz CT molecular complexity index is 624. The average molecular weight is 403 g/mol. The maximum absolute atomic E-state index is 6.00. The molecule has 0 radical (unpaired) electrons. The predicted octanol–water partition coefficient (Wildman–Crippen LogP) is 1.71. The third-order valence-corrected chi connectivity index (χ3v) is 4.71. The van der Waals surface area contributed by atoms with Crippen molar-refractivity contribution in [1.82, 2.24) is 29.8 Å². The van der Waals surface area contributed by atoms with Crippen LogP contribution in [0.15, 0.2) is 24.5 Å². The van der Waals surface area contributed by atoms with Gasteiger partial charge in [0.1, 0.15) is 0 Å². The van der Waals surface area contributed by atoms with E-state index in [1.54, 1.807) is 0 Å². The third kappa shape index (κ3) is 5.44. The van der Waals surface area contributed by atoms with Crippen molar-refractivity contribution in [2.24, 2.45) is 0 Å². The van der Waals surface area contributed by atoms with Gasteiger partial charge in [-0.2, -0.15) is 10.2 Å². The summed E-state index contributed by atoms with van der Waals surface area (Å²) in [6.45, 7) is 7.57. The normalized spacial score (nSPS) is 21.0. The van der Waals surface area contributed by atoms with Crippen molar-refractivity contribution in [1.29, 1.82) is 0 Å². The Morgan fingerprint density at radius 2 is 2.15 bits per heavy atom. The van der Waals surface area contributed by atoms with Crippen LogP contribution in [0.5, 0.6) is 0 Å². The van der Waals surface area contributed by atoms with Crippen molar-refractivity contribution in [3.63, 3.8) is 0 Å². The minimum absolute atomic E-state index is 0. The number of hydrogen-bond acceptors (Lipinski definition) is 5. The van der Waals surface area contributed by atoms with Crippen LogP contribution in [0, 0.1) is 0 Å². The molecule has 4 rings (SSSR count). The van der Waals surface area contributed by atoms with Gasteiger partial charge in [0.25, 0.3) is 0 Å². The first-order chi connectivity index (χ1) is 11.9. The van der Waals surface area contributed by atoms with Gasteiger partial charge in [-0.25, -0.2) is 0 Å². The molecule has 146 valence electrons. The summed E-state index contributed by atoms with van der Waals surface area (Å²) >= 11 is 0. The van der Waals surface area contributed by atoms with Crippen molar-refractivity contribution in [2.75, 3.05) is 26.2 Å². The molecule has 2 aliphatic rings. The van der Waals surface area contributed by atoms with Crippen LogP contribution in [-0.2, 0) is 30.9 Å². The van der Waals surface area contributed by atoms with Gasteiger partial charge in [0.05, 0.1) is 24.0 Å². The molecule has 0 amide bonds. The van der Waals surface area contributed by atoms with E-state index < -0.39 is 0 Å². The van der Waals surface area contributed by atoms with Crippen LogP contribution < -0.4 is 5.32 Å². The molecular formula is C17H28Cl2N6O. The first kappa shape index (κ1) is 21.2. The molecule has 9 heteroatoms. The zero-order valence-corrected chi connectivity index (χ0v) is 16.6. The summed E-state index contributed by atoms with van der Waals surface area (Å²) in [5.74, 6) is 0. The smallest absolute Gasteiger partial charge is 0.0897 e. The summed E-state index contributed by atoms with van der Waals surface area (Å²) < 4.78 is 10.1. The monoisotopic (exact) mass is 402 g/mol. The van der Waals surface area contributed by atoms with Gasteiger partial charge in [0.2, 0.25) is 0 Å². The van der Waals surface area contributed by atoms with Gasteiger partial charge < -0.3 is 10.1 Å². The minimum atomic E-state index is 0. The Labute approximate surface area is 166 Å². The highest BCUT2D eigenvalue weighted by atomic mass is 35.5. The van der Waals surface area contributed by atoms with E-state index in [9.17, 15) is 0 Å². The number of fused-ring (bicyclic) bond motifs is 1. The fourth-order valence-corrected chi connectivity index (χ4v) is 3.57. The van der Waals surface area contributed by atoms with Crippen molar-refractivity contribution < 1.29 is 4.74 Å². The van der Waals surface area contributed by atoms with Crippen molar-refractivity contribution in [3.05, 3.63) is 35.9 Å². The third-order valence-electron chi connectivity index (χ3n) is 4.71. The topological polar surface area (TPSA) is 60.1 Å². The number of aromatic nitrogens is 4. The van der Waals surface area contributed by atoms with E-state index >= 15 is 0 Å². The van der Waals surface area contributed by atoms with Crippen molar-refractivity contribution in [2.45, 2.75) is 45.1 Å². The zero-order chi connectivity index (χ0) is 16.2. The highest BCUT2D eigenvalue weighted by molar-refractivity contribution is 5.85. The van der Waals surface area contributed by atoms with Crippen LogP contribution in [0.1, 0.15) is 24.2 Å². The van der Waals surface area contributed by atoms with E-state index in [0.717, 1.165) is 65.3 Å². The average Bonchev–Trinajstić information content (AvgIpc) is 3.09. The number of halogens is 2. The maximum Gasteiger partial charge on any atom is 0.0897 e. The predicted molar refractivity (Wildman–Crippen MR) is 105 cm³/mol. The Hall–Kier alpha value is -1.12. The molecular weight excluding hydrogens is 375 g/mol. The molecule has 2 aromatic rings. The van der Waals surface area contributed by atoms with Gasteiger partial charge in [-0.1, -0.05) is 0 Å². The van der Waals surface area contributed by atoms with E-state index in [4.69, 9.17) is 9.84 Å². The molecule has 1 saturated heterocycles. The SMILES string of the molecule is Cl.Cl.c1cnn(CC2CN(Cc3cc4n(n3)CCCNC4)CCCO2)c1. The van der Waals surface area contributed by atoms with E-state index in [1.807, 2.05) is 23.1 Å². The second-order valence-electron chi connectivity index (χ2n) is 6.69. The Balaban J connectivity index is 0.00000121. The summed E-state index contributed by atoms with van der Waals surface area (Å²) in [5, 5.41) is 12.6. The lowest BCUT2D eigenvalue weighted by atomic mass is 10.2. The van der Waals surface area contributed by atoms with Crippen LogP contribution in [0.3, 0.4) is 0 Å². The molecule has 7 nitrogen and oxygen atoms in total. The molecule has 4 heterocycles. The summed E-state index contributed by atoms with van der Waals surface area (Å²) in [5.41, 5.74) is 2.48. The number of hydrogen-bond donors (Lipinski definition) is 1.